The fourth-order valence-electron chi connectivity index (χ4n) is 3.65. The molecule has 0 fully saturated rings. The topological polar surface area (TPSA) is 66.9 Å². The summed E-state index contributed by atoms with van der Waals surface area (Å²) in [6.07, 6.45) is 1.26. The van der Waals surface area contributed by atoms with E-state index in [1.165, 1.54) is 0 Å². The number of hydrogen-bond acceptors (Lipinski definition) is 5. The van der Waals surface area contributed by atoms with Gasteiger partial charge in [-0.15, -0.1) is 0 Å². The summed E-state index contributed by atoms with van der Waals surface area (Å²) in [5.74, 6) is 1.62. The number of ketones is 1. The molecule has 0 spiro atoms. The second kappa shape index (κ2) is 8.96. The molecule has 0 amide bonds. The lowest BCUT2D eigenvalue weighted by Crippen LogP contribution is -2.01. The third kappa shape index (κ3) is 4.72. The van der Waals surface area contributed by atoms with Crippen LogP contribution < -0.4 is 10.6 Å². The first-order chi connectivity index (χ1) is 15.0. The highest BCUT2D eigenvalue weighted by Gasteiger charge is 2.11. The first-order valence-electron chi connectivity index (χ1n) is 10.4. The van der Waals surface area contributed by atoms with E-state index in [9.17, 15) is 4.79 Å². The highest BCUT2D eigenvalue weighted by molar-refractivity contribution is 5.92. The largest absolute Gasteiger partial charge is 0.388 e. The Kier molecular flexibility index (Phi) is 5.94. The Morgan fingerprint density at radius 1 is 0.968 bits per heavy atom. The van der Waals surface area contributed by atoms with Crippen LogP contribution in [0.5, 0.6) is 0 Å². The van der Waals surface area contributed by atoms with Crippen molar-refractivity contribution in [2.24, 2.45) is 0 Å². The van der Waals surface area contributed by atoms with Gasteiger partial charge < -0.3 is 15.4 Å². The molecule has 2 N–H and O–H groups in total. The van der Waals surface area contributed by atoms with Gasteiger partial charge in [0.25, 0.3) is 0 Å². The number of carbonyl (C=O) groups excluding carboxylic acids is 1. The van der Waals surface area contributed by atoms with Gasteiger partial charge in [0.1, 0.15) is 11.6 Å². The summed E-state index contributed by atoms with van der Waals surface area (Å²) in [5, 5.41) is 7.64. The van der Waals surface area contributed by atoms with Crippen molar-refractivity contribution in [3.8, 4) is 11.4 Å². The number of aryl methyl sites for hydroxylation is 2. The monoisotopic (exact) mass is 410 g/mol. The van der Waals surface area contributed by atoms with Crippen molar-refractivity contribution in [3.63, 3.8) is 0 Å². The smallest absolute Gasteiger partial charge is 0.162 e. The predicted octanol–water partition coefficient (Wildman–Crippen LogP) is 5.91. The van der Waals surface area contributed by atoms with Crippen molar-refractivity contribution < 1.29 is 4.79 Å². The first-order valence-corrected chi connectivity index (χ1v) is 10.4. The van der Waals surface area contributed by atoms with Gasteiger partial charge in [0.2, 0.25) is 0 Å². The van der Waals surface area contributed by atoms with Gasteiger partial charge in [-0.1, -0.05) is 30.3 Å². The number of nitrogens with zero attached hydrogens (tertiary/aromatic N) is 2. The van der Waals surface area contributed by atoms with Crippen molar-refractivity contribution in [3.05, 3.63) is 77.9 Å². The van der Waals surface area contributed by atoms with Crippen LogP contribution in [0.25, 0.3) is 22.3 Å². The molecule has 0 aliphatic carbocycles. The van der Waals surface area contributed by atoms with Gasteiger partial charge in [-0.2, -0.15) is 0 Å². The number of para-hydroxylation sites is 1. The first kappa shape index (κ1) is 20.5. The molecule has 0 atom stereocenters. The molecular weight excluding hydrogens is 384 g/mol. The maximum atomic E-state index is 11.4. The SMILES string of the molecule is CNc1ccc(Nc2nc(-c3cccc(CCC(C)=O)c3)nc3ccccc23)cc1C. The van der Waals surface area contributed by atoms with Gasteiger partial charge in [-0.25, -0.2) is 9.97 Å². The maximum Gasteiger partial charge on any atom is 0.162 e. The second-order valence-electron chi connectivity index (χ2n) is 7.72. The highest BCUT2D eigenvalue weighted by atomic mass is 16.1. The zero-order valence-electron chi connectivity index (χ0n) is 18.1. The van der Waals surface area contributed by atoms with Crippen molar-refractivity contribution >= 4 is 33.9 Å². The van der Waals surface area contributed by atoms with Crippen molar-refractivity contribution in [1.29, 1.82) is 0 Å². The summed E-state index contributed by atoms with van der Waals surface area (Å²) in [6.45, 7) is 3.70. The number of aromatic nitrogens is 2. The van der Waals surface area contributed by atoms with Crippen LogP contribution >= 0.6 is 0 Å². The lowest BCUT2D eigenvalue weighted by atomic mass is 10.0. The molecule has 0 saturated carbocycles. The van der Waals surface area contributed by atoms with E-state index in [1.54, 1.807) is 6.92 Å². The summed E-state index contributed by atoms with van der Waals surface area (Å²) < 4.78 is 0. The molecule has 5 heteroatoms. The van der Waals surface area contributed by atoms with E-state index in [4.69, 9.17) is 9.97 Å². The minimum absolute atomic E-state index is 0.193. The highest BCUT2D eigenvalue weighted by Crippen LogP contribution is 2.29. The molecule has 0 aliphatic heterocycles. The lowest BCUT2D eigenvalue weighted by molar-refractivity contribution is -0.116. The molecule has 0 aliphatic rings. The van der Waals surface area contributed by atoms with E-state index in [1.807, 2.05) is 55.6 Å². The lowest BCUT2D eigenvalue weighted by Gasteiger charge is -2.13. The summed E-state index contributed by atoms with van der Waals surface area (Å²) in [5.41, 5.74) is 6.16. The molecule has 4 aromatic rings. The van der Waals surface area contributed by atoms with Gasteiger partial charge >= 0.3 is 0 Å². The Hall–Kier alpha value is -3.73. The van der Waals surface area contributed by atoms with Gasteiger partial charge in [0.05, 0.1) is 5.52 Å². The van der Waals surface area contributed by atoms with Crippen molar-refractivity contribution in [1.82, 2.24) is 9.97 Å². The van der Waals surface area contributed by atoms with E-state index >= 15 is 0 Å². The quantitative estimate of drug-likeness (QED) is 0.396. The standard InChI is InChI=1S/C26H26N4O/c1-17-15-21(13-14-23(17)27-3)28-26-22-9-4-5-10-24(22)29-25(30-26)20-8-6-7-19(16-20)12-11-18(2)31/h4-10,13-16,27H,11-12H2,1-3H3,(H,28,29,30). The van der Waals surface area contributed by atoms with Gasteiger partial charge in [0.15, 0.2) is 5.82 Å². The maximum absolute atomic E-state index is 11.4. The van der Waals surface area contributed by atoms with Crippen LogP contribution in [0, 0.1) is 6.92 Å². The third-order valence-electron chi connectivity index (χ3n) is 5.31. The van der Waals surface area contributed by atoms with Crippen molar-refractivity contribution in [2.45, 2.75) is 26.7 Å². The van der Waals surface area contributed by atoms with Crippen LogP contribution in [0.3, 0.4) is 0 Å². The molecule has 156 valence electrons. The molecule has 0 bridgehead atoms. The van der Waals surface area contributed by atoms with E-state index < -0.39 is 0 Å². The Bertz CT molecular complexity index is 1250. The molecule has 0 saturated heterocycles. The molecule has 1 heterocycles. The minimum Gasteiger partial charge on any atom is -0.388 e. The number of nitrogens with one attached hydrogen (secondary N) is 2. The van der Waals surface area contributed by atoms with Crippen LogP contribution in [-0.2, 0) is 11.2 Å². The van der Waals surface area contributed by atoms with Gasteiger partial charge in [-0.3, -0.25) is 0 Å². The molecule has 4 rings (SSSR count). The van der Waals surface area contributed by atoms with Gasteiger partial charge in [-0.05, 0) is 67.8 Å². The van der Waals surface area contributed by atoms with E-state index in [-0.39, 0.29) is 5.78 Å². The van der Waals surface area contributed by atoms with E-state index in [2.05, 4.69) is 35.8 Å². The van der Waals surface area contributed by atoms with Crippen LogP contribution in [0.1, 0.15) is 24.5 Å². The minimum atomic E-state index is 0.193. The number of carbonyl (C=O) groups is 1. The molecular formula is C26H26N4O. The van der Waals surface area contributed by atoms with Crippen molar-refractivity contribution in [2.75, 3.05) is 17.7 Å². The number of anilines is 3. The molecule has 0 radical (unpaired) electrons. The summed E-state index contributed by atoms with van der Waals surface area (Å²) >= 11 is 0. The fraction of sp³-hybridized carbons (Fsp3) is 0.192. The van der Waals surface area contributed by atoms with E-state index in [0.29, 0.717) is 12.2 Å². The Balaban J connectivity index is 1.74. The normalized spacial score (nSPS) is 10.8. The number of Topliss-reactive ketones (excluding diaryl/α,β-unsaturated/α-hetero) is 1. The van der Waals surface area contributed by atoms with Crippen LogP contribution in [0.4, 0.5) is 17.2 Å². The second-order valence-corrected chi connectivity index (χ2v) is 7.72. The average Bonchev–Trinajstić information content (AvgIpc) is 2.78. The molecule has 0 unspecified atom stereocenters. The Morgan fingerprint density at radius 2 is 1.81 bits per heavy atom. The Morgan fingerprint density at radius 3 is 2.58 bits per heavy atom. The summed E-state index contributed by atoms with van der Waals surface area (Å²) in [7, 11) is 1.92. The van der Waals surface area contributed by atoms with E-state index in [0.717, 1.165) is 51.2 Å². The van der Waals surface area contributed by atoms with Gasteiger partial charge in [0, 0.05) is 35.8 Å². The predicted molar refractivity (Wildman–Crippen MR) is 128 cm³/mol. The molecule has 3 aromatic carbocycles. The molecule has 1 aromatic heterocycles. The van der Waals surface area contributed by atoms with Crippen LogP contribution in [-0.4, -0.2) is 22.8 Å². The number of rotatable bonds is 7. The molecule has 5 nitrogen and oxygen atoms in total. The number of benzene rings is 3. The average molecular weight is 411 g/mol. The molecule has 31 heavy (non-hydrogen) atoms. The number of hydrogen-bond donors (Lipinski definition) is 2. The Labute approximate surface area is 182 Å². The summed E-state index contributed by atoms with van der Waals surface area (Å²) in [6, 6.07) is 22.3. The fourth-order valence-corrected chi connectivity index (χ4v) is 3.65. The van der Waals surface area contributed by atoms with Crippen LogP contribution in [0.2, 0.25) is 0 Å². The third-order valence-corrected chi connectivity index (χ3v) is 5.31. The number of fused-ring (bicyclic) bond motifs is 1. The zero-order valence-corrected chi connectivity index (χ0v) is 18.1. The summed E-state index contributed by atoms with van der Waals surface area (Å²) in [4.78, 5) is 21.0. The van der Waals surface area contributed by atoms with Crippen LogP contribution in [0.15, 0.2) is 66.7 Å². The zero-order chi connectivity index (χ0) is 21.8.